The molecule has 1 fully saturated rings. The third-order valence-electron chi connectivity index (χ3n) is 4.44. The molecule has 0 unspecified atom stereocenters. The highest BCUT2D eigenvalue weighted by Crippen LogP contribution is 2.23. The number of hydrazone groups is 1. The fourth-order valence-corrected chi connectivity index (χ4v) is 3.06. The highest BCUT2D eigenvalue weighted by Gasteiger charge is 2.16. The van der Waals surface area contributed by atoms with Gasteiger partial charge < -0.3 is 5.32 Å². The molecule has 2 N–H and O–H groups in total. The molecule has 23 heavy (non-hydrogen) atoms. The van der Waals surface area contributed by atoms with E-state index >= 15 is 0 Å². The maximum atomic E-state index is 12.0. The van der Waals surface area contributed by atoms with E-state index < -0.39 is 0 Å². The smallest absolute Gasteiger partial charge is 0.259 e. The molecule has 0 aliphatic heterocycles. The minimum absolute atomic E-state index is 0.108. The Morgan fingerprint density at radius 2 is 2.00 bits per heavy atom. The minimum Gasteiger partial charge on any atom is -0.376 e. The van der Waals surface area contributed by atoms with Gasteiger partial charge in [-0.05, 0) is 36.6 Å². The molecule has 120 valence electrons. The molecule has 1 amide bonds. The van der Waals surface area contributed by atoms with Crippen LogP contribution in [0.15, 0.2) is 47.6 Å². The number of amides is 1. The molecular formula is C19H23N3O. The molecule has 0 spiro atoms. The lowest BCUT2D eigenvalue weighted by molar-refractivity contribution is -0.119. The van der Waals surface area contributed by atoms with Gasteiger partial charge in [0.15, 0.2) is 0 Å². The maximum Gasteiger partial charge on any atom is 0.259 e. The van der Waals surface area contributed by atoms with Crippen molar-refractivity contribution in [2.45, 2.75) is 32.6 Å². The quantitative estimate of drug-likeness (QED) is 0.841. The zero-order valence-electron chi connectivity index (χ0n) is 13.5. The van der Waals surface area contributed by atoms with Crippen LogP contribution in [0.2, 0.25) is 0 Å². The number of hydrogen-bond acceptors (Lipinski definition) is 3. The van der Waals surface area contributed by atoms with Crippen LogP contribution in [-0.4, -0.2) is 18.2 Å². The molecule has 1 atom stereocenters. The molecule has 0 bridgehead atoms. The number of rotatable bonds is 4. The van der Waals surface area contributed by atoms with E-state index in [1.807, 2.05) is 24.3 Å². The molecule has 3 rings (SSSR count). The summed E-state index contributed by atoms with van der Waals surface area (Å²) in [7, 11) is 0. The van der Waals surface area contributed by atoms with Crippen molar-refractivity contribution < 1.29 is 4.79 Å². The van der Waals surface area contributed by atoms with Gasteiger partial charge in [-0.15, -0.1) is 0 Å². The van der Waals surface area contributed by atoms with E-state index in [9.17, 15) is 4.79 Å². The summed E-state index contributed by atoms with van der Waals surface area (Å²) in [5.41, 5.74) is 4.78. The zero-order valence-corrected chi connectivity index (χ0v) is 13.5. The molecule has 0 saturated heterocycles. The summed E-state index contributed by atoms with van der Waals surface area (Å²) in [6, 6.07) is 14.2. The summed E-state index contributed by atoms with van der Waals surface area (Å²) in [4.78, 5) is 12.0. The summed E-state index contributed by atoms with van der Waals surface area (Å²) < 4.78 is 0. The van der Waals surface area contributed by atoms with E-state index in [0.29, 0.717) is 5.92 Å². The van der Waals surface area contributed by atoms with Gasteiger partial charge in [0.1, 0.15) is 0 Å². The number of benzene rings is 2. The van der Waals surface area contributed by atoms with Crippen molar-refractivity contribution in [1.82, 2.24) is 5.43 Å². The Morgan fingerprint density at radius 3 is 2.87 bits per heavy atom. The van der Waals surface area contributed by atoms with Crippen molar-refractivity contribution in [1.29, 1.82) is 0 Å². The van der Waals surface area contributed by atoms with Crippen molar-refractivity contribution >= 4 is 28.1 Å². The van der Waals surface area contributed by atoms with Crippen molar-refractivity contribution in [3.8, 4) is 0 Å². The van der Waals surface area contributed by atoms with Gasteiger partial charge in [-0.3, -0.25) is 4.79 Å². The molecule has 1 aliphatic rings. The minimum atomic E-state index is -0.108. The Morgan fingerprint density at radius 1 is 1.17 bits per heavy atom. The van der Waals surface area contributed by atoms with Gasteiger partial charge >= 0.3 is 0 Å². The van der Waals surface area contributed by atoms with Crippen LogP contribution >= 0.6 is 0 Å². The summed E-state index contributed by atoms with van der Waals surface area (Å²) in [5, 5.41) is 9.80. The molecular weight excluding hydrogens is 286 g/mol. The van der Waals surface area contributed by atoms with Crippen LogP contribution in [0.4, 0.5) is 5.69 Å². The largest absolute Gasteiger partial charge is 0.376 e. The van der Waals surface area contributed by atoms with E-state index in [1.165, 1.54) is 19.3 Å². The van der Waals surface area contributed by atoms with E-state index in [-0.39, 0.29) is 12.5 Å². The summed E-state index contributed by atoms with van der Waals surface area (Å²) in [6.45, 7) is 2.40. The Bertz CT molecular complexity index is 718. The Balaban J connectivity index is 1.59. The van der Waals surface area contributed by atoms with Gasteiger partial charge in [0, 0.05) is 16.8 Å². The van der Waals surface area contributed by atoms with Gasteiger partial charge in [-0.25, -0.2) is 5.43 Å². The van der Waals surface area contributed by atoms with Crippen LogP contribution in [0.3, 0.4) is 0 Å². The van der Waals surface area contributed by atoms with Gasteiger partial charge in [-0.2, -0.15) is 5.10 Å². The first-order chi connectivity index (χ1) is 11.2. The van der Waals surface area contributed by atoms with Crippen molar-refractivity contribution in [3.05, 3.63) is 42.5 Å². The van der Waals surface area contributed by atoms with Gasteiger partial charge in [-0.1, -0.05) is 49.7 Å². The molecule has 2 aromatic carbocycles. The van der Waals surface area contributed by atoms with E-state index in [2.05, 4.69) is 41.0 Å². The topological polar surface area (TPSA) is 53.5 Å². The first kappa shape index (κ1) is 15.5. The third kappa shape index (κ3) is 3.89. The molecule has 1 aliphatic carbocycles. The van der Waals surface area contributed by atoms with E-state index in [4.69, 9.17) is 0 Å². The predicted octanol–water partition coefficient (Wildman–Crippen LogP) is 3.93. The summed E-state index contributed by atoms with van der Waals surface area (Å²) >= 11 is 0. The van der Waals surface area contributed by atoms with Crippen molar-refractivity contribution in [2.75, 3.05) is 11.9 Å². The van der Waals surface area contributed by atoms with Gasteiger partial charge in [0.05, 0.1) is 6.54 Å². The third-order valence-corrected chi connectivity index (χ3v) is 4.44. The second kappa shape index (κ2) is 7.27. The predicted molar refractivity (Wildman–Crippen MR) is 95.6 cm³/mol. The van der Waals surface area contributed by atoms with E-state index in [1.54, 1.807) is 0 Å². The summed E-state index contributed by atoms with van der Waals surface area (Å²) in [5.74, 6) is 0.373. The van der Waals surface area contributed by atoms with Gasteiger partial charge in [0.25, 0.3) is 5.91 Å². The SMILES string of the molecule is C[C@H]1CCCC/C1=N\NC(=O)CNc1cccc2ccccc12. The molecule has 0 aromatic heterocycles. The van der Waals surface area contributed by atoms with Crippen LogP contribution in [0.1, 0.15) is 32.6 Å². The highest BCUT2D eigenvalue weighted by molar-refractivity contribution is 5.95. The first-order valence-corrected chi connectivity index (χ1v) is 8.31. The van der Waals surface area contributed by atoms with Crippen LogP contribution in [0, 0.1) is 5.92 Å². The lowest BCUT2D eigenvalue weighted by atomic mass is 9.89. The number of carbonyl (C=O) groups is 1. The first-order valence-electron chi connectivity index (χ1n) is 8.31. The molecule has 4 nitrogen and oxygen atoms in total. The Hall–Kier alpha value is -2.36. The number of nitrogens with zero attached hydrogens (tertiary/aromatic N) is 1. The second-order valence-corrected chi connectivity index (χ2v) is 6.17. The normalized spacial score (nSPS) is 19.7. The monoisotopic (exact) mass is 309 g/mol. The Labute approximate surface area is 137 Å². The van der Waals surface area contributed by atoms with Crippen molar-refractivity contribution in [3.63, 3.8) is 0 Å². The maximum absolute atomic E-state index is 12.0. The molecule has 0 radical (unpaired) electrons. The number of fused-ring (bicyclic) bond motifs is 1. The number of nitrogens with one attached hydrogen (secondary N) is 2. The lowest BCUT2D eigenvalue weighted by Crippen LogP contribution is -2.29. The molecule has 4 heteroatoms. The number of anilines is 1. The average Bonchev–Trinajstić information content (AvgIpc) is 2.59. The fraction of sp³-hybridized carbons (Fsp3) is 0.368. The van der Waals surface area contributed by atoms with Crippen LogP contribution < -0.4 is 10.7 Å². The molecule has 0 heterocycles. The van der Waals surface area contributed by atoms with Crippen LogP contribution in [-0.2, 0) is 4.79 Å². The summed E-state index contributed by atoms with van der Waals surface area (Å²) in [6.07, 6.45) is 4.60. The fourth-order valence-electron chi connectivity index (χ4n) is 3.06. The average molecular weight is 309 g/mol. The van der Waals surface area contributed by atoms with E-state index in [0.717, 1.165) is 28.6 Å². The van der Waals surface area contributed by atoms with Gasteiger partial charge in [0.2, 0.25) is 0 Å². The standard InChI is InChI=1S/C19H23N3O/c1-14-7-2-5-11-17(14)21-22-19(23)13-20-18-12-6-9-15-8-3-4-10-16(15)18/h3-4,6,8-10,12,14,20H,2,5,7,11,13H2,1H3,(H,22,23)/b21-17+/t14-/m0/s1. The molecule has 2 aromatic rings. The Kier molecular flexibility index (Phi) is 4.91. The zero-order chi connectivity index (χ0) is 16.1. The number of carbonyl (C=O) groups excluding carboxylic acids is 1. The van der Waals surface area contributed by atoms with Crippen LogP contribution in [0.5, 0.6) is 0 Å². The number of hydrogen-bond donors (Lipinski definition) is 2. The lowest BCUT2D eigenvalue weighted by Gasteiger charge is -2.19. The molecule has 1 saturated carbocycles. The second-order valence-electron chi connectivity index (χ2n) is 6.17. The van der Waals surface area contributed by atoms with Crippen LogP contribution in [0.25, 0.3) is 10.8 Å². The van der Waals surface area contributed by atoms with Crippen molar-refractivity contribution in [2.24, 2.45) is 11.0 Å². The highest BCUT2D eigenvalue weighted by atomic mass is 16.2.